The summed E-state index contributed by atoms with van der Waals surface area (Å²) in [6.45, 7) is 0. The molecular formula is Mn2O9. The summed E-state index contributed by atoms with van der Waals surface area (Å²) >= 11 is 0. The Balaban J connectivity index is -0.0000000150. The molecule has 0 radical (unpaired) electrons. The summed E-state index contributed by atoms with van der Waals surface area (Å²) in [6, 6.07) is 0. The molecule has 0 spiro atoms. The van der Waals surface area contributed by atoms with E-state index in [4.69, 9.17) is 31.5 Å². The average molecular weight is 254 g/mol. The zero-order valence-corrected chi connectivity index (χ0v) is 6.79. The van der Waals surface area contributed by atoms with Gasteiger partial charge in [0.25, 0.3) is 0 Å². The van der Waals surface area contributed by atoms with Crippen LogP contribution in [0.2, 0.25) is 0 Å². The Hall–Kier alpha value is 0.679. The van der Waals surface area contributed by atoms with Crippen LogP contribution in [0.5, 0.6) is 0 Å². The number of rotatable bonds is 0. The van der Waals surface area contributed by atoms with E-state index in [9.17, 15) is 0 Å². The topological polar surface area (TPSA) is 166 Å². The van der Waals surface area contributed by atoms with Crippen molar-refractivity contribution in [2.75, 3.05) is 0 Å². The molecule has 11 heavy (non-hydrogen) atoms. The van der Waals surface area contributed by atoms with Gasteiger partial charge >= 0.3 is 34.1 Å². The van der Waals surface area contributed by atoms with E-state index >= 15 is 0 Å². The van der Waals surface area contributed by atoms with Crippen molar-refractivity contribution in [2.45, 2.75) is 0 Å². The van der Waals surface area contributed by atoms with Crippen LogP contribution in [0.3, 0.4) is 0 Å². The van der Waals surface area contributed by atoms with Gasteiger partial charge in [0.05, 0.1) is 0 Å². The van der Waals surface area contributed by atoms with Gasteiger partial charge in [0.15, 0.2) is 0 Å². The van der Waals surface area contributed by atoms with Crippen LogP contribution >= 0.6 is 0 Å². The minimum atomic E-state index is 0. The van der Waals surface area contributed by atoms with Crippen LogP contribution in [-0.2, 0) is 49.3 Å². The van der Waals surface area contributed by atoms with E-state index in [1.54, 1.807) is 15.1 Å². The van der Waals surface area contributed by atoms with E-state index in [1.165, 1.54) is 0 Å². The Morgan fingerprint density at radius 1 is 0.455 bits per heavy atom. The summed E-state index contributed by atoms with van der Waals surface area (Å²) in [7, 11) is 0. The van der Waals surface area contributed by atoms with E-state index < -0.39 is 0 Å². The van der Waals surface area contributed by atoms with Crippen molar-refractivity contribution in [2.24, 2.45) is 0 Å². The molecule has 0 amide bonds. The Morgan fingerprint density at radius 2 is 0.455 bits per heavy atom. The monoisotopic (exact) mass is 254 g/mol. The van der Waals surface area contributed by atoms with E-state index in [0.29, 0.717) is 0 Å². The minimum Gasteiger partial charge on any atom is -0.734 e. The quantitative estimate of drug-likeness (QED) is 0.231. The third kappa shape index (κ3) is 1740. The van der Waals surface area contributed by atoms with Crippen LogP contribution in [0, 0.1) is 0 Å². The minimum absolute atomic E-state index is 0. The molecule has 0 bridgehead atoms. The predicted molar refractivity (Wildman–Crippen MR) is 3.25 cm³/mol. The summed E-state index contributed by atoms with van der Waals surface area (Å²) in [6.07, 6.45) is 0. The summed E-state index contributed by atoms with van der Waals surface area (Å²) < 4.78 is 0. The second-order valence-electron chi connectivity index (χ2n) is 0.204. The second kappa shape index (κ2) is 73.9. The molecule has 9 nitrogen and oxygen atoms in total. The summed E-state index contributed by atoms with van der Waals surface area (Å²) in [5, 5.41) is 52.5. The van der Waals surface area contributed by atoms with Gasteiger partial charge in [-0.15, -0.1) is 0 Å². The van der Waals surface area contributed by atoms with Crippen LogP contribution < -0.4 is 31.5 Å². The third-order valence-corrected chi connectivity index (χ3v) is 0. The number of hydrogen-bond acceptors (Lipinski definition) is 9. The zero-order chi connectivity index (χ0) is 8.12. The Morgan fingerprint density at radius 3 is 0.455 bits per heavy atom. The van der Waals surface area contributed by atoms with E-state index in [2.05, 4.69) is 0 Å². The van der Waals surface area contributed by atoms with Gasteiger partial charge in [-0.25, -0.2) is 0 Å². The molecule has 11 heteroatoms. The van der Waals surface area contributed by atoms with Gasteiger partial charge in [-0.05, 0) is 0 Å². The van der Waals surface area contributed by atoms with Crippen molar-refractivity contribution in [3.8, 4) is 0 Å². The molecule has 0 aromatic heterocycles. The van der Waals surface area contributed by atoms with E-state index in [1.807, 2.05) is 0 Å². The molecular weight excluding hydrogens is 254 g/mol. The van der Waals surface area contributed by atoms with Crippen LogP contribution in [0.25, 0.3) is 0 Å². The largest absolute Gasteiger partial charge is 3.00 e. The Labute approximate surface area is 81.3 Å². The van der Waals surface area contributed by atoms with Crippen molar-refractivity contribution in [3.05, 3.63) is 0 Å². The van der Waals surface area contributed by atoms with Crippen LogP contribution in [0.15, 0.2) is 0 Å². The van der Waals surface area contributed by atoms with Gasteiger partial charge in [0.2, 0.25) is 0 Å². The molecule has 0 unspecified atom stereocenters. The molecule has 0 rings (SSSR count). The van der Waals surface area contributed by atoms with Crippen molar-refractivity contribution in [1.29, 1.82) is 0 Å². The van der Waals surface area contributed by atoms with Crippen molar-refractivity contribution >= 4 is 0 Å². The molecule has 0 aliphatic rings. The molecule has 0 aliphatic carbocycles. The molecule has 0 heterocycles. The predicted octanol–water partition coefficient (Wildman–Crippen LogP) is -7.34. The molecule has 0 fully saturated rings. The fourth-order valence-electron chi connectivity index (χ4n) is 0. The fourth-order valence-corrected chi connectivity index (χ4v) is 0. The molecule has 68 valence electrons. The van der Waals surface area contributed by atoms with Gasteiger partial charge in [-0.1, -0.05) is 0 Å². The maximum atomic E-state index is 7.88. The zero-order valence-electron chi connectivity index (χ0n) is 4.43. The van der Waals surface area contributed by atoms with Crippen molar-refractivity contribution in [3.63, 3.8) is 0 Å². The van der Waals surface area contributed by atoms with Gasteiger partial charge in [-0.3, -0.25) is 0 Å². The smallest absolute Gasteiger partial charge is 0.734 e. The molecule has 0 aromatic carbocycles. The fraction of sp³-hybridized carbons (Fsp3) is 0. The van der Waals surface area contributed by atoms with E-state index in [-0.39, 0.29) is 34.1 Å². The first kappa shape index (κ1) is 29.9. The molecule has 0 saturated carbocycles. The summed E-state index contributed by atoms with van der Waals surface area (Å²) in [4.78, 5) is 0. The Bertz CT molecular complexity index is 12.3. The normalized spacial score (nSPS) is 4.91. The Kier molecular flexibility index (Phi) is 201. The average Bonchev–Trinajstić information content (AvgIpc) is 1.70. The summed E-state index contributed by atoms with van der Waals surface area (Å²) in [5.74, 6) is 0. The van der Waals surface area contributed by atoms with Crippen LogP contribution in [0.1, 0.15) is 0 Å². The first-order valence-electron chi connectivity index (χ1n) is 1.00. The van der Waals surface area contributed by atoms with Gasteiger partial charge < -0.3 is 46.7 Å². The third-order valence-electron chi connectivity index (χ3n) is 0. The maximum Gasteiger partial charge on any atom is 3.00 e. The first-order chi connectivity index (χ1) is 4.24. The second-order valence-corrected chi connectivity index (χ2v) is 0.204. The molecule has 0 aliphatic heterocycles. The summed E-state index contributed by atoms with van der Waals surface area (Å²) in [5.41, 5.74) is 0. The van der Waals surface area contributed by atoms with Crippen LogP contribution in [0.4, 0.5) is 0 Å². The van der Waals surface area contributed by atoms with Crippen molar-refractivity contribution in [1.82, 2.24) is 0 Å². The molecule has 0 atom stereocenters. The molecule has 0 saturated heterocycles. The van der Waals surface area contributed by atoms with Crippen molar-refractivity contribution < 1.29 is 80.8 Å². The maximum absolute atomic E-state index is 7.88. The number of hydrogen-bond donors (Lipinski definition) is 0. The van der Waals surface area contributed by atoms with Crippen LogP contribution in [-0.4, -0.2) is 0 Å². The van der Waals surface area contributed by atoms with Gasteiger partial charge in [0, 0.05) is 0 Å². The van der Waals surface area contributed by atoms with E-state index in [0.717, 1.165) is 0 Å². The van der Waals surface area contributed by atoms with Gasteiger partial charge in [-0.2, -0.15) is 0 Å². The SMILES string of the molecule is [Mn+3].[Mn+3].[O-]O[O-].[O-]O[O-].[O-]O[O-]. The first-order valence-corrected chi connectivity index (χ1v) is 1.00. The molecule has 0 aromatic rings. The molecule has 0 N–H and O–H groups in total. The van der Waals surface area contributed by atoms with Gasteiger partial charge in [0.1, 0.15) is 0 Å². The standard InChI is InChI=1S/2Mn.3H2O3/c;;3*1-3-2/h;;3*1-2H/q2*+3;;;/p-6.